The molecule has 3 nitrogen and oxygen atoms in total. The van der Waals surface area contributed by atoms with Crippen LogP contribution in [0.5, 0.6) is 5.75 Å². The third-order valence-corrected chi connectivity index (χ3v) is 3.64. The molecule has 0 amide bonds. The van der Waals surface area contributed by atoms with Gasteiger partial charge < -0.3 is 10.4 Å². The fraction of sp³-hybridized carbons (Fsp3) is 0.571. The number of phenolic OH excluding ortho intramolecular Hbond substituents is 1. The van der Waals surface area contributed by atoms with Crippen LogP contribution in [0.2, 0.25) is 0 Å². The van der Waals surface area contributed by atoms with Crippen LogP contribution >= 0.6 is 12.4 Å². The summed E-state index contributed by atoms with van der Waals surface area (Å²) in [4.78, 5) is 1.86. The summed E-state index contributed by atoms with van der Waals surface area (Å²) in [5.41, 5.74) is 0.223. The van der Waals surface area contributed by atoms with Gasteiger partial charge in [-0.3, -0.25) is 4.90 Å². The van der Waals surface area contributed by atoms with Gasteiger partial charge in [0.15, 0.2) is 0 Å². The Morgan fingerprint density at radius 2 is 1.86 bits per heavy atom. The van der Waals surface area contributed by atoms with Gasteiger partial charge >= 0.3 is 6.18 Å². The van der Waals surface area contributed by atoms with Crippen LogP contribution in [0.15, 0.2) is 18.2 Å². The highest BCUT2D eigenvalue weighted by Gasteiger charge is 2.32. The van der Waals surface area contributed by atoms with E-state index in [1.807, 2.05) is 4.90 Å². The predicted octanol–water partition coefficient (Wildman–Crippen LogP) is 3.24. The van der Waals surface area contributed by atoms with Crippen LogP contribution < -0.4 is 5.32 Å². The summed E-state index contributed by atoms with van der Waals surface area (Å²) >= 11 is 0. The molecule has 0 aliphatic carbocycles. The number of hydrogen-bond acceptors (Lipinski definition) is 3. The number of aromatic hydroxyl groups is 1. The van der Waals surface area contributed by atoms with E-state index in [2.05, 4.69) is 5.32 Å². The first-order valence-corrected chi connectivity index (χ1v) is 6.87. The Balaban J connectivity index is 0.00000242. The Kier molecular flexibility index (Phi) is 6.90. The molecule has 22 heavy (non-hydrogen) atoms. The van der Waals surface area contributed by atoms with Crippen LogP contribution in [0.1, 0.15) is 24.4 Å². The summed E-state index contributed by atoms with van der Waals surface area (Å²) in [5.74, 6) is -0.725. The lowest BCUT2D eigenvalue weighted by molar-refractivity contribution is -0.138. The largest absolute Gasteiger partial charge is 0.508 e. The summed E-state index contributed by atoms with van der Waals surface area (Å²) in [7, 11) is 0. The molecule has 0 saturated carbocycles. The van der Waals surface area contributed by atoms with Crippen molar-refractivity contribution in [1.29, 1.82) is 0 Å². The number of hydrogen-bond donors (Lipinski definition) is 2. The quantitative estimate of drug-likeness (QED) is 0.825. The van der Waals surface area contributed by atoms with Gasteiger partial charge in [0.1, 0.15) is 11.6 Å². The zero-order chi connectivity index (χ0) is 15.5. The van der Waals surface area contributed by atoms with Crippen molar-refractivity contribution in [3.63, 3.8) is 0 Å². The third kappa shape index (κ3) is 5.30. The Morgan fingerprint density at radius 3 is 2.45 bits per heavy atom. The number of alkyl halides is 3. The van der Waals surface area contributed by atoms with Crippen molar-refractivity contribution in [2.45, 2.75) is 25.1 Å². The summed E-state index contributed by atoms with van der Waals surface area (Å²) in [5, 5.41) is 13.0. The first kappa shape index (κ1) is 19.0. The smallest absolute Gasteiger partial charge is 0.389 e. The number of nitrogens with one attached hydrogen (secondary N) is 1. The monoisotopic (exact) mass is 342 g/mol. The maximum atomic E-state index is 13.4. The minimum atomic E-state index is -4.27. The van der Waals surface area contributed by atoms with Gasteiger partial charge in [0.2, 0.25) is 0 Å². The number of piperazine rings is 1. The average Bonchev–Trinajstić information content (AvgIpc) is 2.43. The van der Waals surface area contributed by atoms with Gasteiger partial charge in [0.05, 0.1) is 0 Å². The van der Waals surface area contributed by atoms with Crippen LogP contribution in [-0.2, 0) is 0 Å². The molecule has 126 valence electrons. The predicted molar refractivity (Wildman–Crippen MR) is 77.8 cm³/mol. The molecular weight excluding hydrogens is 324 g/mol. The van der Waals surface area contributed by atoms with E-state index >= 15 is 0 Å². The van der Waals surface area contributed by atoms with E-state index in [9.17, 15) is 22.7 Å². The summed E-state index contributed by atoms with van der Waals surface area (Å²) in [6.07, 6.45) is -5.42. The van der Waals surface area contributed by atoms with Gasteiger partial charge in [-0.05, 0) is 24.6 Å². The normalized spacial score (nSPS) is 17.8. The molecule has 1 aliphatic heterocycles. The molecular formula is C14H19ClF4N2O. The first-order chi connectivity index (χ1) is 9.87. The molecule has 0 aromatic heterocycles. The van der Waals surface area contributed by atoms with Crippen molar-refractivity contribution in [3.8, 4) is 5.75 Å². The summed E-state index contributed by atoms with van der Waals surface area (Å²) in [6.45, 7) is 2.47. The zero-order valence-corrected chi connectivity index (χ0v) is 12.7. The highest BCUT2D eigenvalue weighted by molar-refractivity contribution is 5.85. The van der Waals surface area contributed by atoms with E-state index < -0.39 is 24.5 Å². The average molecular weight is 343 g/mol. The second-order valence-corrected chi connectivity index (χ2v) is 5.16. The van der Waals surface area contributed by atoms with Crippen molar-refractivity contribution in [3.05, 3.63) is 29.6 Å². The molecule has 2 N–H and O–H groups in total. The number of nitrogens with zero attached hydrogens (tertiary/aromatic N) is 1. The first-order valence-electron chi connectivity index (χ1n) is 6.87. The van der Waals surface area contributed by atoms with Gasteiger partial charge in [-0.1, -0.05) is 0 Å². The molecule has 1 aromatic rings. The third-order valence-electron chi connectivity index (χ3n) is 3.64. The summed E-state index contributed by atoms with van der Waals surface area (Å²) < 4.78 is 50.9. The van der Waals surface area contributed by atoms with Crippen LogP contribution in [0.3, 0.4) is 0 Å². The van der Waals surface area contributed by atoms with Crippen LogP contribution in [0.25, 0.3) is 0 Å². The molecule has 0 bridgehead atoms. The molecule has 1 heterocycles. The molecule has 1 atom stereocenters. The molecule has 1 fully saturated rings. The van der Waals surface area contributed by atoms with Gasteiger partial charge in [-0.25, -0.2) is 4.39 Å². The molecule has 2 rings (SSSR count). The molecule has 1 saturated heterocycles. The second kappa shape index (κ2) is 7.99. The number of rotatable bonds is 4. The zero-order valence-electron chi connectivity index (χ0n) is 11.9. The van der Waals surface area contributed by atoms with Crippen molar-refractivity contribution >= 4 is 12.4 Å². The lowest BCUT2D eigenvalue weighted by Crippen LogP contribution is -2.45. The van der Waals surface area contributed by atoms with Crippen LogP contribution in [0.4, 0.5) is 17.6 Å². The van der Waals surface area contributed by atoms with Crippen LogP contribution in [0, 0.1) is 5.82 Å². The Bertz CT molecular complexity index is 478. The maximum Gasteiger partial charge on any atom is 0.389 e. The molecule has 0 unspecified atom stereocenters. The van der Waals surface area contributed by atoms with E-state index in [4.69, 9.17) is 0 Å². The highest BCUT2D eigenvalue weighted by Crippen LogP contribution is 2.35. The molecule has 1 aromatic carbocycles. The lowest BCUT2D eigenvalue weighted by Gasteiger charge is -2.35. The SMILES string of the molecule is Cl.Oc1ccc(F)cc1[C@H](CCC(F)(F)F)N1CCNCC1. The molecule has 0 spiro atoms. The Morgan fingerprint density at radius 1 is 1.23 bits per heavy atom. The van der Waals surface area contributed by atoms with E-state index in [0.717, 1.165) is 12.1 Å². The van der Waals surface area contributed by atoms with Gasteiger partial charge in [-0.2, -0.15) is 13.2 Å². The second-order valence-electron chi connectivity index (χ2n) is 5.16. The Hall–Kier alpha value is -1.05. The van der Waals surface area contributed by atoms with E-state index in [0.29, 0.717) is 26.2 Å². The van der Waals surface area contributed by atoms with E-state index in [1.54, 1.807) is 0 Å². The number of benzene rings is 1. The Labute approximate surface area is 132 Å². The van der Waals surface area contributed by atoms with Gasteiger partial charge in [0.25, 0.3) is 0 Å². The molecule has 0 radical (unpaired) electrons. The fourth-order valence-corrected chi connectivity index (χ4v) is 2.62. The van der Waals surface area contributed by atoms with Crippen LogP contribution in [-0.4, -0.2) is 42.4 Å². The number of phenols is 1. The number of halogens is 5. The minimum absolute atomic E-state index is 0. The van der Waals surface area contributed by atoms with Crippen molar-refractivity contribution in [1.82, 2.24) is 10.2 Å². The van der Waals surface area contributed by atoms with E-state index in [1.165, 1.54) is 6.07 Å². The van der Waals surface area contributed by atoms with Crippen molar-refractivity contribution < 1.29 is 22.7 Å². The maximum absolute atomic E-state index is 13.4. The standard InChI is InChI=1S/C14H18F4N2O.ClH/c15-10-1-2-13(21)11(9-10)12(3-4-14(16,17)18)20-7-5-19-6-8-20;/h1-2,9,12,19,21H,3-8H2;1H/t12-;/m0./s1. The highest BCUT2D eigenvalue weighted by atomic mass is 35.5. The fourth-order valence-electron chi connectivity index (χ4n) is 2.62. The van der Waals surface area contributed by atoms with Gasteiger partial charge in [0, 0.05) is 44.2 Å². The molecule has 1 aliphatic rings. The van der Waals surface area contributed by atoms with E-state index in [-0.39, 0.29) is 30.1 Å². The van der Waals surface area contributed by atoms with Crippen molar-refractivity contribution in [2.24, 2.45) is 0 Å². The molecule has 8 heteroatoms. The lowest BCUT2D eigenvalue weighted by atomic mass is 9.98. The topological polar surface area (TPSA) is 35.5 Å². The summed E-state index contributed by atoms with van der Waals surface area (Å²) in [6, 6.07) is 2.77. The van der Waals surface area contributed by atoms with Gasteiger partial charge in [-0.15, -0.1) is 12.4 Å². The van der Waals surface area contributed by atoms with Crippen molar-refractivity contribution in [2.75, 3.05) is 26.2 Å². The minimum Gasteiger partial charge on any atom is -0.508 e.